The van der Waals surface area contributed by atoms with Crippen LogP contribution in [-0.4, -0.2) is 42.0 Å². The predicted octanol–water partition coefficient (Wildman–Crippen LogP) is 4.90. The van der Waals surface area contributed by atoms with Gasteiger partial charge in [0.1, 0.15) is 34.9 Å². The zero-order chi connectivity index (χ0) is 21.5. The Labute approximate surface area is 180 Å². The molecule has 1 atom stereocenters. The van der Waals surface area contributed by atoms with Gasteiger partial charge in [-0.25, -0.2) is 4.98 Å². The number of methoxy groups -OCH3 is 1. The van der Waals surface area contributed by atoms with Crippen LogP contribution in [0.15, 0.2) is 53.6 Å². The molecule has 0 fully saturated rings. The van der Waals surface area contributed by atoms with Crippen LogP contribution >= 0.6 is 11.8 Å². The van der Waals surface area contributed by atoms with Crippen LogP contribution in [0.5, 0.6) is 17.2 Å². The van der Waals surface area contributed by atoms with Gasteiger partial charge >= 0.3 is 0 Å². The maximum atomic E-state index is 12.5. The van der Waals surface area contributed by atoms with Gasteiger partial charge in [-0.2, -0.15) is 0 Å². The second-order valence-corrected chi connectivity index (χ2v) is 7.57. The van der Waals surface area contributed by atoms with E-state index >= 15 is 0 Å². The smallest absolute Gasteiger partial charge is 0.273 e. The third kappa shape index (κ3) is 6.01. The van der Waals surface area contributed by atoms with Crippen molar-refractivity contribution in [3.8, 4) is 17.2 Å². The zero-order valence-corrected chi connectivity index (χ0v) is 18.2. The van der Waals surface area contributed by atoms with Crippen molar-refractivity contribution in [2.24, 2.45) is 0 Å². The van der Waals surface area contributed by atoms with Crippen LogP contribution in [0.25, 0.3) is 0 Å². The molecule has 1 aromatic heterocycles. The summed E-state index contributed by atoms with van der Waals surface area (Å²) in [5, 5.41) is 2.86. The normalized spacial score (nSPS) is 11.7. The number of carbonyl (C=O) groups excluding carboxylic acids is 1. The van der Waals surface area contributed by atoms with Crippen molar-refractivity contribution in [2.45, 2.75) is 24.8 Å². The summed E-state index contributed by atoms with van der Waals surface area (Å²) >= 11 is 1.66. The van der Waals surface area contributed by atoms with E-state index in [1.165, 1.54) is 6.20 Å². The van der Waals surface area contributed by atoms with Gasteiger partial charge in [0.05, 0.1) is 12.8 Å². The number of aromatic nitrogens is 2. The largest absolute Gasteiger partial charge is 0.488 e. The number of nitrogens with zero attached hydrogens (tertiary/aromatic N) is 1. The Morgan fingerprint density at radius 3 is 2.53 bits per heavy atom. The number of nitrogens with one attached hydrogen (secondary N) is 2. The van der Waals surface area contributed by atoms with Crippen LogP contribution < -0.4 is 14.8 Å². The van der Waals surface area contributed by atoms with Crippen LogP contribution in [0.2, 0.25) is 0 Å². The molecule has 3 rings (SSSR count). The van der Waals surface area contributed by atoms with E-state index in [4.69, 9.17) is 14.2 Å². The van der Waals surface area contributed by atoms with Crippen molar-refractivity contribution in [1.82, 2.24) is 9.97 Å². The van der Waals surface area contributed by atoms with Gasteiger partial charge < -0.3 is 24.5 Å². The Morgan fingerprint density at radius 2 is 1.90 bits per heavy atom. The van der Waals surface area contributed by atoms with Crippen molar-refractivity contribution in [3.63, 3.8) is 0 Å². The number of H-pyrrole nitrogens is 1. The minimum absolute atomic E-state index is 0.162. The molecule has 30 heavy (non-hydrogen) atoms. The highest BCUT2D eigenvalue weighted by Gasteiger charge is 2.13. The van der Waals surface area contributed by atoms with Gasteiger partial charge in [0.25, 0.3) is 5.91 Å². The number of anilines is 1. The number of rotatable bonds is 9. The maximum absolute atomic E-state index is 12.5. The molecular formula is C22H25N3O4S. The molecule has 3 aromatic rings. The third-order valence-electron chi connectivity index (χ3n) is 4.12. The summed E-state index contributed by atoms with van der Waals surface area (Å²) in [6, 6.07) is 13.1. The molecule has 2 N–H and O–H groups in total. The van der Waals surface area contributed by atoms with Gasteiger partial charge in [0.2, 0.25) is 0 Å². The number of aryl methyl sites for hydroxylation is 1. The van der Waals surface area contributed by atoms with Gasteiger partial charge in [0.15, 0.2) is 0 Å². The quantitative estimate of drug-likeness (QED) is 0.473. The topological polar surface area (TPSA) is 85.5 Å². The van der Waals surface area contributed by atoms with Crippen LogP contribution in [0, 0.1) is 6.92 Å². The zero-order valence-electron chi connectivity index (χ0n) is 17.4. The fourth-order valence-electron chi connectivity index (χ4n) is 2.79. The van der Waals surface area contributed by atoms with Crippen LogP contribution in [0.1, 0.15) is 23.2 Å². The average Bonchev–Trinajstić information content (AvgIpc) is 3.15. The standard InChI is InChI=1S/C22H25N3O4S/c1-14(13-27-3)28-18-9-16(25-22(26)21-12-23-15(2)24-21)10-19(11-18)29-17-5-7-20(30-4)8-6-17/h5-12,14H,13H2,1-4H3,(H,23,24)(H,25,26)/t14-/m0/s1. The first-order valence-electron chi connectivity index (χ1n) is 9.42. The monoisotopic (exact) mass is 427 g/mol. The molecule has 0 bridgehead atoms. The molecule has 0 spiro atoms. The number of hydrogen-bond acceptors (Lipinski definition) is 6. The maximum Gasteiger partial charge on any atom is 0.273 e. The van der Waals surface area contributed by atoms with Gasteiger partial charge in [-0.3, -0.25) is 4.79 Å². The Balaban J connectivity index is 1.84. The predicted molar refractivity (Wildman–Crippen MR) is 118 cm³/mol. The molecule has 0 aliphatic heterocycles. The van der Waals surface area contributed by atoms with E-state index in [1.807, 2.05) is 37.4 Å². The number of thioether (sulfide) groups is 1. The van der Waals surface area contributed by atoms with Gasteiger partial charge in [-0.1, -0.05) is 0 Å². The molecule has 0 aliphatic carbocycles. The Bertz CT molecular complexity index is 988. The first kappa shape index (κ1) is 21.7. The lowest BCUT2D eigenvalue weighted by Gasteiger charge is -2.16. The molecule has 1 amide bonds. The number of hydrogen-bond donors (Lipinski definition) is 2. The van der Waals surface area contributed by atoms with Crippen LogP contribution in [-0.2, 0) is 4.74 Å². The molecule has 158 valence electrons. The number of imidazole rings is 1. The third-order valence-corrected chi connectivity index (χ3v) is 4.86. The fraction of sp³-hybridized carbons (Fsp3) is 0.273. The number of ether oxygens (including phenoxy) is 3. The van der Waals surface area contributed by atoms with Gasteiger partial charge in [-0.05, 0) is 44.4 Å². The fourth-order valence-corrected chi connectivity index (χ4v) is 3.19. The molecule has 0 unspecified atom stereocenters. The van der Waals surface area contributed by atoms with Crippen molar-refractivity contribution < 1.29 is 19.0 Å². The van der Waals surface area contributed by atoms with Gasteiger partial charge in [0, 0.05) is 35.9 Å². The highest BCUT2D eigenvalue weighted by Crippen LogP contribution is 2.31. The van der Waals surface area contributed by atoms with Crippen molar-refractivity contribution >= 4 is 23.4 Å². The average molecular weight is 428 g/mol. The first-order chi connectivity index (χ1) is 14.5. The molecule has 7 nitrogen and oxygen atoms in total. The lowest BCUT2D eigenvalue weighted by molar-refractivity contribution is 0.0920. The summed E-state index contributed by atoms with van der Waals surface area (Å²) in [5.41, 5.74) is 0.923. The Morgan fingerprint density at radius 1 is 1.17 bits per heavy atom. The molecular weight excluding hydrogens is 402 g/mol. The summed E-state index contributed by atoms with van der Waals surface area (Å²) in [6.45, 7) is 4.14. The minimum atomic E-state index is -0.298. The first-order valence-corrected chi connectivity index (χ1v) is 10.6. The molecule has 2 aromatic carbocycles. The van der Waals surface area contributed by atoms with E-state index in [2.05, 4.69) is 15.3 Å². The molecule has 1 heterocycles. The molecule has 0 saturated carbocycles. The number of carbonyl (C=O) groups is 1. The second-order valence-electron chi connectivity index (χ2n) is 6.69. The van der Waals surface area contributed by atoms with E-state index in [0.29, 0.717) is 41.1 Å². The lowest BCUT2D eigenvalue weighted by atomic mass is 10.2. The second kappa shape index (κ2) is 10.2. The molecule has 0 radical (unpaired) electrons. The highest BCUT2D eigenvalue weighted by molar-refractivity contribution is 7.98. The van der Waals surface area contributed by atoms with E-state index in [9.17, 15) is 4.79 Å². The van der Waals surface area contributed by atoms with Crippen LogP contribution in [0.3, 0.4) is 0 Å². The lowest BCUT2D eigenvalue weighted by Crippen LogP contribution is -2.18. The number of benzene rings is 2. The van der Waals surface area contributed by atoms with E-state index in [1.54, 1.807) is 44.0 Å². The van der Waals surface area contributed by atoms with E-state index in [-0.39, 0.29) is 12.0 Å². The van der Waals surface area contributed by atoms with E-state index < -0.39 is 0 Å². The van der Waals surface area contributed by atoms with Crippen molar-refractivity contribution in [2.75, 3.05) is 25.3 Å². The highest BCUT2D eigenvalue weighted by atomic mass is 32.2. The molecule has 8 heteroatoms. The van der Waals surface area contributed by atoms with Crippen LogP contribution in [0.4, 0.5) is 5.69 Å². The summed E-state index contributed by atoms with van der Waals surface area (Å²) in [7, 11) is 1.62. The summed E-state index contributed by atoms with van der Waals surface area (Å²) < 4.78 is 17.1. The number of amides is 1. The van der Waals surface area contributed by atoms with Gasteiger partial charge in [-0.15, -0.1) is 11.8 Å². The Kier molecular flexibility index (Phi) is 7.37. The van der Waals surface area contributed by atoms with E-state index in [0.717, 1.165) is 4.90 Å². The SMILES string of the molecule is COC[C@H](C)Oc1cc(NC(=O)c2cnc(C)[nH]2)cc(Oc2ccc(SC)cc2)c1. The molecule has 0 aliphatic rings. The molecule has 0 saturated heterocycles. The summed E-state index contributed by atoms with van der Waals surface area (Å²) in [4.78, 5) is 20.6. The number of aromatic amines is 1. The Hall–Kier alpha value is -2.97. The van der Waals surface area contributed by atoms with Crippen molar-refractivity contribution in [3.05, 3.63) is 60.2 Å². The minimum Gasteiger partial charge on any atom is -0.488 e. The summed E-state index contributed by atoms with van der Waals surface area (Å²) in [6.07, 6.45) is 3.36. The van der Waals surface area contributed by atoms with Crippen molar-refractivity contribution in [1.29, 1.82) is 0 Å². The summed E-state index contributed by atoms with van der Waals surface area (Å²) in [5.74, 6) is 2.17.